The molecule has 1 saturated heterocycles. The number of nitro benzene ring substituents is 1. The van der Waals surface area contributed by atoms with Gasteiger partial charge in [-0.05, 0) is 13.0 Å². The first-order chi connectivity index (χ1) is 9.96. The predicted molar refractivity (Wildman–Crippen MR) is 76.8 cm³/mol. The molecule has 0 spiro atoms. The van der Waals surface area contributed by atoms with Crippen molar-refractivity contribution in [2.45, 2.75) is 11.8 Å². The molecule has 1 aliphatic rings. The zero-order chi connectivity index (χ0) is 15.5. The first-order valence-electron chi connectivity index (χ1n) is 6.57. The number of hydrogen-bond donors (Lipinski definition) is 1. The van der Waals surface area contributed by atoms with Crippen LogP contribution in [0.4, 0.5) is 11.4 Å². The normalized spacial score (nSPS) is 16.6. The smallest absolute Gasteiger partial charge is 0.271 e. The molecule has 1 heterocycles. The van der Waals surface area contributed by atoms with Crippen LogP contribution >= 0.6 is 0 Å². The Morgan fingerprint density at radius 3 is 2.62 bits per heavy atom. The number of rotatable bonds is 5. The fourth-order valence-corrected chi connectivity index (χ4v) is 3.67. The maximum Gasteiger partial charge on any atom is 0.271 e. The molecule has 0 atom stereocenters. The van der Waals surface area contributed by atoms with E-state index in [9.17, 15) is 18.5 Å². The van der Waals surface area contributed by atoms with E-state index in [1.54, 1.807) is 6.92 Å². The Kier molecular flexibility index (Phi) is 4.76. The lowest BCUT2D eigenvalue weighted by Gasteiger charge is -2.26. The molecular weight excluding hydrogens is 298 g/mol. The highest BCUT2D eigenvalue weighted by atomic mass is 32.2. The summed E-state index contributed by atoms with van der Waals surface area (Å²) in [5, 5.41) is 13.7. The van der Waals surface area contributed by atoms with Gasteiger partial charge in [-0.15, -0.1) is 0 Å². The minimum atomic E-state index is -3.69. The van der Waals surface area contributed by atoms with Crippen molar-refractivity contribution in [3.8, 4) is 0 Å². The van der Waals surface area contributed by atoms with Gasteiger partial charge in [-0.2, -0.15) is 4.31 Å². The second-order valence-corrected chi connectivity index (χ2v) is 6.39. The van der Waals surface area contributed by atoms with Crippen LogP contribution in [-0.2, 0) is 14.8 Å². The van der Waals surface area contributed by atoms with Crippen LogP contribution in [0.3, 0.4) is 0 Å². The summed E-state index contributed by atoms with van der Waals surface area (Å²) in [5.41, 5.74) is 0.102. The van der Waals surface area contributed by atoms with E-state index in [4.69, 9.17) is 4.74 Å². The average Bonchev–Trinajstić information content (AvgIpc) is 2.48. The topological polar surface area (TPSA) is 102 Å². The second-order valence-electron chi connectivity index (χ2n) is 4.48. The zero-order valence-corrected chi connectivity index (χ0v) is 12.4. The Labute approximate surface area is 122 Å². The van der Waals surface area contributed by atoms with E-state index in [0.717, 1.165) is 0 Å². The first kappa shape index (κ1) is 15.7. The fourth-order valence-electron chi connectivity index (χ4n) is 2.11. The van der Waals surface area contributed by atoms with Gasteiger partial charge in [-0.3, -0.25) is 10.1 Å². The molecule has 1 aliphatic heterocycles. The van der Waals surface area contributed by atoms with Gasteiger partial charge in [0.25, 0.3) is 5.69 Å². The highest BCUT2D eigenvalue weighted by Crippen LogP contribution is 2.29. The molecule has 1 aromatic rings. The maximum atomic E-state index is 12.6. The molecular formula is C12H17N3O5S. The number of ether oxygens (including phenoxy) is 1. The molecule has 1 aromatic carbocycles. The summed E-state index contributed by atoms with van der Waals surface area (Å²) < 4.78 is 31.7. The third-order valence-corrected chi connectivity index (χ3v) is 5.09. The van der Waals surface area contributed by atoms with Crippen molar-refractivity contribution in [2.75, 3.05) is 38.2 Å². The Balaban J connectivity index is 2.43. The number of nitrogens with zero attached hydrogens (tertiary/aromatic N) is 2. The summed E-state index contributed by atoms with van der Waals surface area (Å²) >= 11 is 0. The molecule has 2 rings (SSSR count). The third kappa shape index (κ3) is 3.31. The predicted octanol–water partition coefficient (Wildman–Crippen LogP) is 1.05. The Hall–Kier alpha value is -1.71. The summed E-state index contributed by atoms with van der Waals surface area (Å²) in [6, 6.07) is 3.73. The van der Waals surface area contributed by atoms with E-state index in [-0.39, 0.29) is 29.4 Å². The SMILES string of the molecule is CCNc1cc([N+](=O)[O-])ccc1S(=O)(=O)N1CCOCC1. The Morgan fingerprint density at radius 1 is 1.38 bits per heavy atom. The fraction of sp³-hybridized carbons (Fsp3) is 0.500. The maximum absolute atomic E-state index is 12.6. The molecule has 8 nitrogen and oxygen atoms in total. The number of hydrogen-bond acceptors (Lipinski definition) is 6. The average molecular weight is 315 g/mol. The van der Waals surface area contributed by atoms with Gasteiger partial charge in [-0.1, -0.05) is 0 Å². The molecule has 0 saturated carbocycles. The monoisotopic (exact) mass is 315 g/mol. The molecule has 116 valence electrons. The van der Waals surface area contributed by atoms with Crippen molar-refractivity contribution in [2.24, 2.45) is 0 Å². The molecule has 9 heteroatoms. The van der Waals surface area contributed by atoms with Crippen LogP contribution in [0.2, 0.25) is 0 Å². The summed E-state index contributed by atoms with van der Waals surface area (Å²) in [6.07, 6.45) is 0. The van der Waals surface area contributed by atoms with Gasteiger partial charge in [0, 0.05) is 31.8 Å². The number of non-ortho nitro benzene ring substituents is 1. The van der Waals surface area contributed by atoms with E-state index in [2.05, 4.69) is 5.32 Å². The standard InChI is InChI=1S/C12H17N3O5S/c1-2-13-11-9-10(15(16)17)3-4-12(11)21(18,19)14-5-7-20-8-6-14/h3-4,9,13H,2,5-8H2,1H3. The van der Waals surface area contributed by atoms with E-state index in [1.807, 2.05) is 0 Å². The molecule has 0 amide bonds. The lowest BCUT2D eigenvalue weighted by Crippen LogP contribution is -2.40. The van der Waals surface area contributed by atoms with Crippen LogP contribution in [0.1, 0.15) is 6.92 Å². The van der Waals surface area contributed by atoms with Gasteiger partial charge in [0.2, 0.25) is 10.0 Å². The molecule has 0 radical (unpaired) electrons. The largest absolute Gasteiger partial charge is 0.384 e. The Bertz CT molecular complexity index is 626. The zero-order valence-electron chi connectivity index (χ0n) is 11.6. The molecule has 21 heavy (non-hydrogen) atoms. The van der Waals surface area contributed by atoms with E-state index in [1.165, 1.54) is 22.5 Å². The summed E-state index contributed by atoms with van der Waals surface area (Å²) in [7, 11) is -3.69. The highest BCUT2D eigenvalue weighted by Gasteiger charge is 2.29. The van der Waals surface area contributed by atoms with Gasteiger partial charge >= 0.3 is 0 Å². The van der Waals surface area contributed by atoms with Gasteiger partial charge < -0.3 is 10.1 Å². The molecule has 1 N–H and O–H groups in total. The number of nitrogens with one attached hydrogen (secondary N) is 1. The van der Waals surface area contributed by atoms with Gasteiger partial charge in [0.1, 0.15) is 4.90 Å². The van der Waals surface area contributed by atoms with Crippen LogP contribution in [-0.4, -0.2) is 50.5 Å². The number of benzene rings is 1. The van der Waals surface area contributed by atoms with Gasteiger partial charge in [-0.25, -0.2) is 8.42 Å². The van der Waals surface area contributed by atoms with Crippen molar-refractivity contribution < 1.29 is 18.1 Å². The van der Waals surface area contributed by atoms with Crippen molar-refractivity contribution in [1.29, 1.82) is 0 Å². The Morgan fingerprint density at radius 2 is 2.05 bits per heavy atom. The van der Waals surface area contributed by atoms with Crippen molar-refractivity contribution in [3.63, 3.8) is 0 Å². The van der Waals surface area contributed by atoms with Crippen LogP contribution in [0.15, 0.2) is 23.1 Å². The number of nitro groups is 1. The number of morpholine rings is 1. The van der Waals surface area contributed by atoms with E-state index < -0.39 is 14.9 Å². The quantitative estimate of drug-likeness (QED) is 0.643. The van der Waals surface area contributed by atoms with E-state index in [0.29, 0.717) is 19.8 Å². The number of sulfonamides is 1. The minimum absolute atomic E-state index is 0.0526. The highest BCUT2D eigenvalue weighted by molar-refractivity contribution is 7.89. The molecule has 1 fully saturated rings. The molecule has 0 unspecified atom stereocenters. The van der Waals surface area contributed by atoms with Crippen LogP contribution in [0, 0.1) is 10.1 Å². The summed E-state index contributed by atoms with van der Waals surface area (Å²) in [4.78, 5) is 10.3. The first-order valence-corrected chi connectivity index (χ1v) is 8.01. The van der Waals surface area contributed by atoms with Crippen LogP contribution in [0.25, 0.3) is 0 Å². The van der Waals surface area contributed by atoms with Crippen molar-refractivity contribution in [1.82, 2.24) is 4.31 Å². The summed E-state index contributed by atoms with van der Waals surface area (Å²) in [6.45, 7) is 3.53. The van der Waals surface area contributed by atoms with Crippen molar-refractivity contribution >= 4 is 21.4 Å². The van der Waals surface area contributed by atoms with Gasteiger partial charge in [0.05, 0.1) is 23.8 Å². The third-order valence-electron chi connectivity index (χ3n) is 3.13. The van der Waals surface area contributed by atoms with Crippen LogP contribution < -0.4 is 5.32 Å². The van der Waals surface area contributed by atoms with Crippen molar-refractivity contribution in [3.05, 3.63) is 28.3 Å². The molecule has 0 aromatic heterocycles. The van der Waals surface area contributed by atoms with Gasteiger partial charge in [0.15, 0.2) is 0 Å². The molecule has 0 bridgehead atoms. The molecule has 0 aliphatic carbocycles. The van der Waals surface area contributed by atoms with Crippen LogP contribution in [0.5, 0.6) is 0 Å². The lowest BCUT2D eigenvalue weighted by atomic mass is 10.3. The number of anilines is 1. The summed E-state index contributed by atoms with van der Waals surface area (Å²) in [5.74, 6) is 0. The lowest BCUT2D eigenvalue weighted by molar-refractivity contribution is -0.384. The van der Waals surface area contributed by atoms with E-state index >= 15 is 0 Å². The minimum Gasteiger partial charge on any atom is -0.384 e. The second kappa shape index (κ2) is 6.37.